The van der Waals surface area contributed by atoms with E-state index in [1.54, 1.807) is 6.20 Å². The summed E-state index contributed by atoms with van der Waals surface area (Å²) in [6, 6.07) is 4.34. The van der Waals surface area contributed by atoms with Gasteiger partial charge in [0.15, 0.2) is 5.79 Å². The van der Waals surface area contributed by atoms with E-state index in [1.165, 1.54) is 0 Å². The summed E-state index contributed by atoms with van der Waals surface area (Å²) < 4.78 is 11.5. The van der Waals surface area contributed by atoms with Gasteiger partial charge >= 0.3 is 0 Å². The third-order valence-corrected chi connectivity index (χ3v) is 4.37. The van der Waals surface area contributed by atoms with Gasteiger partial charge in [-0.15, -0.1) is 0 Å². The fourth-order valence-corrected chi connectivity index (χ4v) is 3.09. The molecule has 1 aromatic heterocycles. The summed E-state index contributed by atoms with van der Waals surface area (Å²) in [4.78, 5) is 6.61. The van der Waals surface area contributed by atoms with Gasteiger partial charge in [-0.2, -0.15) is 0 Å². The average Bonchev–Trinajstić information content (AvgIpc) is 2.88. The molecule has 0 radical (unpaired) electrons. The Hall–Kier alpha value is -0.840. The van der Waals surface area contributed by atoms with E-state index in [1.807, 2.05) is 12.1 Å². The first-order chi connectivity index (χ1) is 9.19. The number of hydrogen-bond acceptors (Lipinski definition) is 4. The highest BCUT2D eigenvalue weighted by Crippen LogP contribution is 2.37. The van der Waals surface area contributed by atoms with Crippen LogP contribution < -0.4 is 4.90 Å². The van der Waals surface area contributed by atoms with Crippen molar-refractivity contribution in [1.82, 2.24) is 4.98 Å². The second-order valence-electron chi connectivity index (χ2n) is 5.28. The molecule has 0 N–H and O–H groups in total. The van der Waals surface area contributed by atoms with Crippen LogP contribution in [0.5, 0.6) is 0 Å². The first-order valence-electron chi connectivity index (χ1n) is 6.81. The molecule has 3 rings (SSSR count). The van der Waals surface area contributed by atoms with Crippen LogP contribution >= 0.6 is 11.6 Å². The molecule has 1 aliphatic heterocycles. The fourth-order valence-electron chi connectivity index (χ4n) is 2.98. The molecule has 5 heteroatoms. The molecule has 1 aromatic rings. The van der Waals surface area contributed by atoms with Crippen LogP contribution in [0.1, 0.15) is 25.7 Å². The Morgan fingerprint density at radius 2 is 1.95 bits per heavy atom. The molecule has 104 valence electrons. The second-order valence-corrected chi connectivity index (χ2v) is 5.72. The number of anilines is 1. The van der Waals surface area contributed by atoms with Crippen molar-refractivity contribution in [3.63, 3.8) is 0 Å². The highest BCUT2D eigenvalue weighted by molar-refractivity contribution is 6.30. The van der Waals surface area contributed by atoms with E-state index in [4.69, 9.17) is 21.1 Å². The lowest BCUT2D eigenvalue weighted by molar-refractivity contribution is -0.178. The van der Waals surface area contributed by atoms with Crippen LogP contribution in [0.2, 0.25) is 5.02 Å². The first-order valence-corrected chi connectivity index (χ1v) is 7.19. The lowest BCUT2D eigenvalue weighted by Gasteiger charge is -2.39. The largest absolute Gasteiger partial charge is 0.357 e. The SMILES string of the molecule is CN(c1ccc(Cl)cn1)C1CCC2(CC1)OCCO2. The molecule has 0 unspecified atom stereocenters. The molecule has 4 nitrogen and oxygen atoms in total. The van der Waals surface area contributed by atoms with Gasteiger partial charge in [0.05, 0.1) is 18.2 Å². The Balaban J connectivity index is 1.63. The minimum absolute atomic E-state index is 0.287. The van der Waals surface area contributed by atoms with E-state index in [2.05, 4.69) is 16.9 Å². The quantitative estimate of drug-likeness (QED) is 0.835. The minimum atomic E-state index is -0.287. The Labute approximate surface area is 118 Å². The molecule has 19 heavy (non-hydrogen) atoms. The molecule has 0 bridgehead atoms. The van der Waals surface area contributed by atoms with E-state index in [9.17, 15) is 0 Å². The van der Waals surface area contributed by atoms with E-state index in [0.29, 0.717) is 11.1 Å². The fraction of sp³-hybridized carbons (Fsp3) is 0.643. The van der Waals surface area contributed by atoms with Crippen molar-refractivity contribution in [2.75, 3.05) is 25.2 Å². The first kappa shape index (κ1) is 13.2. The second kappa shape index (κ2) is 5.27. The van der Waals surface area contributed by atoms with Crippen molar-refractivity contribution in [2.24, 2.45) is 0 Å². The average molecular weight is 283 g/mol. The number of halogens is 1. The molecule has 0 atom stereocenters. The number of hydrogen-bond donors (Lipinski definition) is 0. The molecule has 2 aliphatic rings. The standard InChI is InChI=1S/C14H19ClN2O2/c1-17(13-3-2-11(15)10-16-13)12-4-6-14(7-5-12)18-8-9-19-14/h2-3,10,12H,4-9H2,1H3. The summed E-state index contributed by atoms with van der Waals surface area (Å²) in [7, 11) is 2.09. The maximum atomic E-state index is 5.87. The van der Waals surface area contributed by atoms with Crippen LogP contribution in [-0.4, -0.2) is 37.1 Å². The summed E-state index contributed by atoms with van der Waals surface area (Å²) >= 11 is 5.87. The van der Waals surface area contributed by atoms with Crippen LogP contribution in [0.4, 0.5) is 5.82 Å². The molecular formula is C14H19ClN2O2. The molecule has 1 spiro atoms. The zero-order valence-electron chi connectivity index (χ0n) is 11.1. The summed E-state index contributed by atoms with van der Waals surface area (Å²) in [5.74, 6) is 0.684. The van der Waals surface area contributed by atoms with Gasteiger partial charge in [-0.05, 0) is 25.0 Å². The van der Waals surface area contributed by atoms with Crippen molar-refractivity contribution >= 4 is 17.4 Å². The molecule has 2 fully saturated rings. The van der Waals surface area contributed by atoms with E-state index in [-0.39, 0.29) is 5.79 Å². The maximum Gasteiger partial charge on any atom is 0.168 e. The Morgan fingerprint density at radius 1 is 1.26 bits per heavy atom. The zero-order valence-corrected chi connectivity index (χ0v) is 11.9. The van der Waals surface area contributed by atoms with Crippen molar-refractivity contribution in [1.29, 1.82) is 0 Å². The van der Waals surface area contributed by atoms with Gasteiger partial charge in [0.2, 0.25) is 0 Å². The normalized spacial score (nSPS) is 22.8. The Morgan fingerprint density at radius 3 is 2.53 bits per heavy atom. The highest BCUT2D eigenvalue weighted by atomic mass is 35.5. The molecule has 1 aliphatic carbocycles. The van der Waals surface area contributed by atoms with Gasteiger partial charge in [0, 0.05) is 32.1 Å². The van der Waals surface area contributed by atoms with Gasteiger partial charge in [-0.3, -0.25) is 0 Å². The third kappa shape index (κ3) is 2.71. The molecule has 1 saturated heterocycles. The third-order valence-electron chi connectivity index (χ3n) is 4.15. The number of rotatable bonds is 2. The minimum Gasteiger partial charge on any atom is -0.357 e. The maximum absolute atomic E-state index is 5.87. The van der Waals surface area contributed by atoms with Gasteiger partial charge in [0.1, 0.15) is 5.82 Å². The Bertz CT molecular complexity index is 422. The summed E-state index contributed by atoms with van der Waals surface area (Å²) in [5, 5.41) is 0.674. The van der Waals surface area contributed by atoms with E-state index in [0.717, 1.165) is 44.7 Å². The lowest BCUT2D eigenvalue weighted by Crippen LogP contribution is -2.43. The van der Waals surface area contributed by atoms with Crippen molar-refractivity contribution < 1.29 is 9.47 Å². The van der Waals surface area contributed by atoms with E-state index >= 15 is 0 Å². The van der Waals surface area contributed by atoms with Crippen LogP contribution in [0.15, 0.2) is 18.3 Å². The van der Waals surface area contributed by atoms with Crippen LogP contribution in [-0.2, 0) is 9.47 Å². The van der Waals surface area contributed by atoms with Crippen molar-refractivity contribution in [3.05, 3.63) is 23.4 Å². The van der Waals surface area contributed by atoms with Crippen molar-refractivity contribution in [3.8, 4) is 0 Å². The zero-order chi connectivity index (χ0) is 13.3. The molecular weight excluding hydrogens is 264 g/mol. The smallest absolute Gasteiger partial charge is 0.168 e. The number of pyridine rings is 1. The van der Waals surface area contributed by atoms with E-state index < -0.39 is 0 Å². The van der Waals surface area contributed by atoms with Crippen LogP contribution in [0.3, 0.4) is 0 Å². The monoisotopic (exact) mass is 282 g/mol. The van der Waals surface area contributed by atoms with Gasteiger partial charge in [0.25, 0.3) is 0 Å². The van der Waals surface area contributed by atoms with Gasteiger partial charge in [-0.1, -0.05) is 11.6 Å². The lowest BCUT2D eigenvalue weighted by atomic mass is 9.89. The predicted molar refractivity (Wildman–Crippen MR) is 74.5 cm³/mol. The number of ether oxygens (including phenoxy) is 2. The van der Waals surface area contributed by atoms with Crippen molar-refractivity contribution in [2.45, 2.75) is 37.5 Å². The van der Waals surface area contributed by atoms with Crippen LogP contribution in [0.25, 0.3) is 0 Å². The molecule has 0 aromatic carbocycles. The molecule has 2 heterocycles. The molecule has 0 amide bonds. The Kier molecular flexibility index (Phi) is 3.65. The highest BCUT2D eigenvalue weighted by Gasteiger charge is 2.41. The van der Waals surface area contributed by atoms with Crippen LogP contribution in [0, 0.1) is 0 Å². The summed E-state index contributed by atoms with van der Waals surface area (Å²) in [6.45, 7) is 1.47. The van der Waals surface area contributed by atoms with Gasteiger partial charge in [-0.25, -0.2) is 4.98 Å². The predicted octanol–water partition coefficient (Wildman–Crippen LogP) is 2.86. The topological polar surface area (TPSA) is 34.6 Å². The number of nitrogens with zero attached hydrogens (tertiary/aromatic N) is 2. The summed E-state index contributed by atoms with van der Waals surface area (Å²) in [5.41, 5.74) is 0. The molecule has 1 saturated carbocycles. The summed E-state index contributed by atoms with van der Waals surface area (Å²) in [6.07, 6.45) is 5.77. The number of aromatic nitrogens is 1. The van der Waals surface area contributed by atoms with Gasteiger partial charge < -0.3 is 14.4 Å².